The molecule has 3 fully saturated rings. The van der Waals surface area contributed by atoms with Crippen molar-refractivity contribution < 1.29 is 9.59 Å². The SMILES string of the molecule is CC(C)(C)CC(=O)N1CSCC1C(=O)N1CCC(N2CCNCC2)C1.Cl. The highest BCUT2D eigenvalue weighted by molar-refractivity contribution is 7.99. The van der Waals surface area contributed by atoms with Gasteiger partial charge < -0.3 is 15.1 Å². The fourth-order valence-corrected chi connectivity index (χ4v) is 5.12. The van der Waals surface area contributed by atoms with E-state index < -0.39 is 0 Å². The van der Waals surface area contributed by atoms with Gasteiger partial charge in [-0.1, -0.05) is 20.8 Å². The smallest absolute Gasteiger partial charge is 0.246 e. The first kappa shape index (κ1) is 21.8. The second kappa shape index (κ2) is 9.13. The van der Waals surface area contributed by atoms with Gasteiger partial charge in [-0.3, -0.25) is 14.5 Å². The Kier molecular flexibility index (Phi) is 7.65. The van der Waals surface area contributed by atoms with Gasteiger partial charge in [-0.2, -0.15) is 0 Å². The molecule has 3 heterocycles. The van der Waals surface area contributed by atoms with Crippen LogP contribution in [0.4, 0.5) is 0 Å². The van der Waals surface area contributed by atoms with Crippen LogP contribution in [0, 0.1) is 5.41 Å². The van der Waals surface area contributed by atoms with Gasteiger partial charge in [0.05, 0.1) is 5.88 Å². The molecule has 3 rings (SSSR count). The predicted octanol–water partition coefficient (Wildman–Crippen LogP) is 1.25. The highest BCUT2D eigenvalue weighted by Gasteiger charge is 2.40. The molecule has 150 valence electrons. The molecule has 0 aliphatic carbocycles. The minimum atomic E-state index is -0.262. The van der Waals surface area contributed by atoms with E-state index in [9.17, 15) is 9.59 Å². The Labute approximate surface area is 167 Å². The van der Waals surface area contributed by atoms with Crippen LogP contribution in [0.25, 0.3) is 0 Å². The van der Waals surface area contributed by atoms with Gasteiger partial charge in [-0.15, -0.1) is 24.2 Å². The summed E-state index contributed by atoms with van der Waals surface area (Å²) in [7, 11) is 0. The minimum Gasteiger partial charge on any atom is -0.339 e. The molecular weight excluding hydrogens is 372 g/mol. The van der Waals surface area contributed by atoms with Crippen molar-refractivity contribution in [2.75, 3.05) is 50.9 Å². The maximum atomic E-state index is 13.0. The van der Waals surface area contributed by atoms with Crippen LogP contribution in [0.1, 0.15) is 33.6 Å². The molecular formula is C18H33ClN4O2S. The maximum Gasteiger partial charge on any atom is 0.246 e. The lowest BCUT2D eigenvalue weighted by Gasteiger charge is -2.33. The zero-order valence-corrected chi connectivity index (χ0v) is 17.8. The number of nitrogens with zero attached hydrogens (tertiary/aromatic N) is 3. The van der Waals surface area contributed by atoms with Crippen LogP contribution in [0.15, 0.2) is 0 Å². The third-order valence-corrected chi connectivity index (χ3v) is 6.32. The van der Waals surface area contributed by atoms with Crippen molar-refractivity contribution >= 4 is 36.0 Å². The maximum absolute atomic E-state index is 13.0. The molecule has 2 amide bonds. The van der Waals surface area contributed by atoms with Crippen LogP contribution in [-0.4, -0.2) is 89.5 Å². The second-order valence-corrected chi connectivity index (χ2v) is 9.63. The number of thioether (sulfide) groups is 1. The number of nitrogens with one attached hydrogen (secondary N) is 1. The third kappa shape index (κ3) is 5.27. The number of hydrogen-bond acceptors (Lipinski definition) is 5. The van der Waals surface area contributed by atoms with Crippen molar-refractivity contribution in [2.45, 2.75) is 45.7 Å². The Hall–Kier alpha value is -0.500. The number of rotatable bonds is 3. The summed E-state index contributed by atoms with van der Waals surface area (Å²) in [6.07, 6.45) is 1.56. The molecule has 3 aliphatic heterocycles. The molecule has 26 heavy (non-hydrogen) atoms. The van der Waals surface area contributed by atoms with Crippen molar-refractivity contribution in [2.24, 2.45) is 5.41 Å². The normalized spacial score (nSPS) is 27.5. The Morgan fingerprint density at radius 2 is 1.85 bits per heavy atom. The monoisotopic (exact) mass is 404 g/mol. The summed E-state index contributed by atoms with van der Waals surface area (Å²) < 4.78 is 0. The van der Waals surface area contributed by atoms with Crippen molar-refractivity contribution in [1.29, 1.82) is 0 Å². The molecule has 8 heteroatoms. The fraction of sp³-hybridized carbons (Fsp3) is 0.889. The van der Waals surface area contributed by atoms with E-state index >= 15 is 0 Å². The summed E-state index contributed by atoms with van der Waals surface area (Å²) >= 11 is 1.70. The van der Waals surface area contributed by atoms with E-state index in [2.05, 4.69) is 31.0 Å². The van der Waals surface area contributed by atoms with Gasteiger partial charge in [0.25, 0.3) is 0 Å². The summed E-state index contributed by atoms with van der Waals surface area (Å²) in [5.41, 5.74) is -0.0427. The number of likely N-dealkylation sites (tertiary alicyclic amines) is 1. The highest BCUT2D eigenvalue weighted by Crippen LogP contribution is 2.28. The van der Waals surface area contributed by atoms with E-state index in [1.54, 1.807) is 11.8 Å². The van der Waals surface area contributed by atoms with Gasteiger partial charge in [0.1, 0.15) is 6.04 Å². The standard InChI is InChI=1S/C18H32N4O2S.ClH/c1-18(2,3)10-16(23)22-13-25-12-15(22)17(24)21-7-4-14(11-21)20-8-5-19-6-9-20;/h14-15,19H,4-13H2,1-3H3;1H. The van der Waals surface area contributed by atoms with Gasteiger partial charge in [0, 0.05) is 57.5 Å². The van der Waals surface area contributed by atoms with Gasteiger partial charge >= 0.3 is 0 Å². The average Bonchev–Trinajstić information content (AvgIpc) is 3.23. The topological polar surface area (TPSA) is 55.9 Å². The minimum absolute atomic E-state index is 0. The molecule has 3 aliphatic rings. The van der Waals surface area contributed by atoms with Crippen LogP contribution in [0.5, 0.6) is 0 Å². The second-order valence-electron chi connectivity index (χ2n) is 8.63. The van der Waals surface area contributed by atoms with E-state index in [0.717, 1.165) is 51.4 Å². The molecule has 0 radical (unpaired) electrons. The first-order chi connectivity index (χ1) is 11.8. The molecule has 2 unspecified atom stereocenters. The molecule has 0 aromatic carbocycles. The van der Waals surface area contributed by atoms with Crippen molar-refractivity contribution in [3.8, 4) is 0 Å². The van der Waals surface area contributed by atoms with Crippen molar-refractivity contribution in [1.82, 2.24) is 20.0 Å². The summed E-state index contributed by atoms with van der Waals surface area (Å²) in [6, 6.07) is 0.223. The lowest BCUT2D eigenvalue weighted by atomic mass is 9.91. The predicted molar refractivity (Wildman–Crippen MR) is 109 cm³/mol. The molecule has 0 aromatic rings. The number of carbonyl (C=O) groups excluding carboxylic acids is 2. The van der Waals surface area contributed by atoms with E-state index in [4.69, 9.17) is 0 Å². The zero-order valence-electron chi connectivity index (χ0n) is 16.2. The summed E-state index contributed by atoms with van der Waals surface area (Å²) in [6.45, 7) is 12.1. The lowest BCUT2D eigenvalue weighted by Crippen LogP contribution is -2.51. The quantitative estimate of drug-likeness (QED) is 0.767. The first-order valence-corrected chi connectivity index (χ1v) is 10.6. The van der Waals surface area contributed by atoms with Crippen LogP contribution in [0.2, 0.25) is 0 Å². The third-order valence-electron chi connectivity index (χ3n) is 5.31. The van der Waals surface area contributed by atoms with Crippen LogP contribution < -0.4 is 5.32 Å². The number of piperazine rings is 1. The molecule has 6 nitrogen and oxygen atoms in total. The van der Waals surface area contributed by atoms with E-state index in [-0.39, 0.29) is 35.7 Å². The summed E-state index contributed by atoms with van der Waals surface area (Å²) in [4.78, 5) is 32.0. The van der Waals surface area contributed by atoms with Crippen LogP contribution in [-0.2, 0) is 9.59 Å². The Morgan fingerprint density at radius 3 is 2.50 bits per heavy atom. The molecule has 0 spiro atoms. The van der Waals surface area contributed by atoms with Crippen molar-refractivity contribution in [3.05, 3.63) is 0 Å². The Balaban J connectivity index is 0.00000243. The summed E-state index contributed by atoms with van der Waals surface area (Å²) in [5, 5.41) is 3.38. The van der Waals surface area contributed by atoms with Gasteiger partial charge in [0.2, 0.25) is 11.8 Å². The fourth-order valence-electron chi connectivity index (χ4n) is 3.95. The van der Waals surface area contributed by atoms with E-state index in [1.807, 2.05) is 9.80 Å². The molecule has 0 bridgehead atoms. The van der Waals surface area contributed by atoms with Gasteiger partial charge in [-0.25, -0.2) is 0 Å². The number of carbonyl (C=O) groups is 2. The molecule has 2 atom stereocenters. The van der Waals surface area contributed by atoms with E-state index in [0.29, 0.717) is 18.3 Å². The zero-order chi connectivity index (χ0) is 18.0. The van der Waals surface area contributed by atoms with Crippen LogP contribution >= 0.6 is 24.2 Å². The van der Waals surface area contributed by atoms with Crippen LogP contribution in [0.3, 0.4) is 0 Å². The average molecular weight is 405 g/mol. The Bertz CT molecular complexity index is 508. The molecule has 3 saturated heterocycles. The molecule has 0 aromatic heterocycles. The number of amides is 2. The van der Waals surface area contributed by atoms with Gasteiger partial charge in [-0.05, 0) is 11.8 Å². The largest absolute Gasteiger partial charge is 0.339 e. The Morgan fingerprint density at radius 1 is 1.15 bits per heavy atom. The number of hydrogen-bond donors (Lipinski definition) is 1. The number of halogens is 1. The highest BCUT2D eigenvalue weighted by atomic mass is 35.5. The lowest BCUT2D eigenvalue weighted by molar-refractivity contribution is -0.143. The molecule has 1 N–H and O–H groups in total. The van der Waals surface area contributed by atoms with Crippen molar-refractivity contribution in [3.63, 3.8) is 0 Å². The van der Waals surface area contributed by atoms with Gasteiger partial charge in [0.15, 0.2) is 0 Å². The summed E-state index contributed by atoms with van der Waals surface area (Å²) in [5.74, 6) is 1.67. The van der Waals surface area contributed by atoms with E-state index in [1.165, 1.54) is 0 Å². The first-order valence-electron chi connectivity index (χ1n) is 9.46. The molecule has 0 saturated carbocycles.